The minimum atomic E-state index is -3.48. The topological polar surface area (TPSA) is 71.5 Å². The van der Waals surface area contributed by atoms with Crippen molar-refractivity contribution in [3.63, 3.8) is 0 Å². The van der Waals surface area contributed by atoms with E-state index in [1.54, 1.807) is 24.3 Å². The van der Waals surface area contributed by atoms with Crippen LogP contribution in [0.3, 0.4) is 0 Å². The van der Waals surface area contributed by atoms with Crippen LogP contribution in [0.15, 0.2) is 58.8 Å². The predicted octanol–water partition coefficient (Wildman–Crippen LogP) is 4.18. The molecule has 1 aliphatic rings. The SMILES string of the molecule is O=S(=O)(c1ccc(-c2csc(Nc3ccc(I)cc3)n2)cc1)N1CCOCC1. The van der Waals surface area contributed by atoms with Crippen molar-refractivity contribution in [3.05, 3.63) is 57.5 Å². The van der Waals surface area contributed by atoms with Crippen molar-refractivity contribution in [2.45, 2.75) is 4.90 Å². The third-order valence-electron chi connectivity index (χ3n) is 4.36. The number of nitrogens with one attached hydrogen (secondary N) is 1. The molecule has 6 nitrogen and oxygen atoms in total. The van der Waals surface area contributed by atoms with Gasteiger partial charge >= 0.3 is 0 Å². The average molecular weight is 527 g/mol. The van der Waals surface area contributed by atoms with Gasteiger partial charge in [0.1, 0.15) is 0 Å². The zero-order valence-electron chi connectivity index (χ0n) is 14.8. The second-order valence-corrected chi connectivity index (χ2v) is 10.3. The van der Waals surface area contributed by atoms with Gasteiger partial charge in [-0.1, -0.05) is 12.1 Å². The molecule has 28 heavy (non-hydrogen) atoms. The van der Waals surface area contributed by atoms with Crippen LogP contribution in [-0.2, 0) is 14.8 Å². The van der Waals surface area contributed by atoms with E-state index in [2.05, 4.69) is 32.9 Å². The molecule has 1 aromatic heterocycles. The summed E-state index contributed by atoms with van der Waals surface area (Å²) in [6.45, 7) is 1.66. The fourth-order valence-electron chi connectivity index (χ4n) is 2.85. The third-order valence-corrected chi connectivity index (χ3v) is 7.75. The minimum absolute atomic E-state index is 0.297. The number of benzene rings is 2. The van der Waals surface area contributed by atoms with E-state index in [9.17, 15) is 8.42 Å². The first kappa shape index (κ1) is 19.8. The fraction of sp³-hybridized carbons (Fsp3) is 0.211. The number of ether oxygens (including phenoxy) is 1. The van der Waals surface area contributed by atoms with Gasteiger partial charge in [0.2, 0.25) is 10.0 Å². The first-order chi connectivity index (χ1) is 13.5. The Morgan fingerprint density at radius 2 is 1.71 bits per heavy atom. The Labute approximate surface area is 181 Å². The monoisotopic (exact) mass is 527 g/mol. The van der Waals surface area contributed by atoms with Gasteiger partial charge in [0.15, 0.2) is 5.13 Å². The molecule has 9 heteroatoms. The Hall–Kier alpha value is -1.53. The summed E-state index contributed by atoms with van der Waals surface area (Å²) in [6, 6.07) is 15.0. The molecule has 1 N–H and O–H groups in total. The van der Waals surface area contributed by atoms with Crippen LogP contribution in [0.4, 0.5) is 10.8 Å². The number of halogens is 1. The Balaban J connectivity index is 1.49. The number of anilines is 2. The summed E-state index contributed by atoms with van der Waals surface area (Å²) >= 11 is 3.78. The number of hydrogen-bond acceptors (Lipinski definition) is 6. The molecule has 3 aromatic rings. The van der Waals surface area contributed by atoms with E-state index < -0.39 is 10.0 Å². The van der Waals surface area contributed by atoms with Crippen LogP contribution < -0.4 is 5.32 Å². The zero-order chi connectivity index (χ0) is 19.6. The molecule has 1 fully saturated rings. The van der Waals surface area contributed by atoms with E-state index in [1.165, 1.54) is 19.2 Å². The van der Waals surface area contributed by atoms with Crippen molar-refractivity contribution in [1.29, 1.82) is 0 Å². The Morgan fingerprint density at radius 1 is 1.04 bits per heavy atom. The average Bonchev–Trinajstić information content (AvgIpc) is 3.19. The molecule has 1 saturated heterocycles. The van der Waals surface area contributed by atoms with Gasteiger partial charge < -0.3 is 10.1 Å². The molecular weight excluding hydrogens is 509 g/mol. The van der Waals surface area contributed by atoms with Crippen LogP contribution in [-0.4, -0.2) is 44.0 Å². The number of sulfonamides is 1. The summed E-state index contributed by atoms with van der Waals surface area (Å²) in [6.07, 6.45) is 0. The van der Waals surface area contributed by atoms with Crippen molar-refractivity contribution in [1.82, 2.24) is 9.29 Å². The lowest BCUT2D eigenvalue weighted by Gasteiger charge is -2.26. The molecule has 4 rings (SSSR count). The number of morpholine rings is 1. The number of thiazole rings is 1. The quantitative estimate of drug-likeness (QED) is 0.505. The molecular formula is C19H18IN3O3S2. The fourth-order valence-corrected chi connectivity index (χ4v) is 5.36. The lowest BCUT2D eigenvalue weighted by molar-refractivity contribution is 0.0730. The summed E-state index contributed by atoms with van der Waals surface area (Å²) in [5, 5.41) is 6.04. The van der Waals surface area contributed by atoms with Gasteiger partial charge in [-0.3, -0.25) is 0 Å². The van der Waals surface area contributed by atoms with Crippen LogP contribution >= 0.6 is 33.9 Å². The number of rotatable bonds is 5. The first-order valence-corrected chi connectivity index (χ1v) is 12.1. The smallest absolute Gasteiger partial charge is 0.243 e. The van der Waals surface area contributed by atoms with Gasteiger partial charge in [-0.05, 0) is 59.0 Å². The van der Waals surface area contributed by atoms with Crippen LogP contribution in [0.1, 0.15) is 0 Å². The highest BCUT2D eigenvalue weighted by atomic mass is 127. The Morgan fingerprint density at radius 3 is 2.39 bits per heavy atom. The van der Waals surface area contributed by atoms with Gasteiger partial charge in [0, 0.05) is 33.3 Å². The standard InChI is InChI=1S/C19H18IN3O3S2/c20-15-3-5-16(6-4-15)21-19-22-18(13-27-19)14-1-7-17(8-2-14)28(24,25)23-9-11-26-12-10-23/h1-8,13H,9-12H2,(H,21,22). The summed E-state index contributed by atoms with van der Waals surface area (Å²) in [4.78, 5) is 4.91. The largest absolute Gasteiger partial charge is 0.379 e. The Bertz CT molecular complexity index is 1040. The minimum Gasteiger partial charge on any atom is -0.379 e. The van der Waals surface area contributed by atoms with Gasteiger partial charge in [0.25, 0.3) is 0 Å². The number of hydrogen-bond donors (Lipinski definition) is 1. The lowest BCUT2D eigenvalue weighted by Crippen LogP contribution is -2.40. The molecule has 146 valence electrons. The molecule has 0 saturated carbocycles. The normalized spacial score (nSPS) is 15.5. The van der Waals surface area contributed by atoms with E-state index in [4.69, 9.17) is 4.74 Å². The zero-order valence-corrected chi connectivity index (χ0v) is 18.6. The number of nitrogens with zero attached hydrogens (tertiary/aromatic N) is 2. The summed E-state index contributed by atoms with van der Waals surface area (Å²) in [7, 11) is -3.48. The van der Waals surface area contributed by atoms with Crippen molar-refractivity contribution in [2.75, 3.05) is 31.6 Å². The molecule has 0 aliphatic carbocycles. The first-order valence-electron chi connectivity index (χ1n) is 8.69. The summed E-state index contributed by atoms with van der Waals surface area (Å²) in [5.74, 6) is 0. The molecule has 2 aromatic carbocycles. The second-order valence-electron chi connectivity index (χ2n) is 6.21. The van der Waals surface area contributed by atoms with E-state index in [0.717, 1.165) is 22.1 Å². The van der Waals surface area contributed by atoms with E-state index in [-0.39, 0.29) is 0 Å². The highest BCUT2D eigenvalue weighted by Crippen LogP contribution is 2.28. The van der Waals surface area contributed by atoms with Crippen LogP contribution in [0, 0.1) is 3.57 Å². The lowest BCUT2D eigenvalue weighted by atomic mass is 10.2. The molecule has 0 unspecified atom stereocenters. The van der Waals surface area contributed by atoms with Crippen molar-refractivity contribution < 1.29 is 13.2 Å². The molecule has 0 amide bonds. The van der Waals surface area contributed by atoms with Crippen molar-refractivity contribution >= 4 is 54.8 Å². The molecule has 2 heterocycles. The summed E-state index contributed by atoms with van der Waals surface area (Å²) in [5.41, 5.74) is 2.68. The third kappa shape index (κ3) is 4.38. The predicted molar refractivity (Wildman–Crippen MR) is 120 cm³/mol. The molecule has 0 bridgehead atoms. The van der Waals surface area contributed by atoms with Crippen LogP contribution in [0.5, 0.6) is 0 Å². The highest BCUT2D eigenvalue weighted by molar-refractivity contribution is 14.1. The highest BCUT2D eigenvalue weighted by Gasteiger charge is 2.26. The van der Waals surface area contributed by atoms with Gasteiger partial charge in [0.05, 0.1) is 23.8 Å². The summed E-state index contributed by atoms with van der Waals surface area (Å²) < 4.78 is 33.3. The van der Waals surface area contributed by atoms with Crippen LogP contribution in [0.2, 0.25) is 0 Å². The molecule has 0 spiro atoms. The molecule has 0 radical (unpaired) electrons. The molecule has 1 aliphatic heterocycles. The van der Waals surface area contributed by atoms with Crippen molar-refractivity contribution in [3.8, 4) is 11.3 Å². The number of aromatic nitrogens is 1. The van der Waals surface area contributed by atoms with E-state index in [1.807, 2.05) is 29.6 Å². The van der Waals surface area contributed by atoms with E-state index in [0.29, 0.717) is 31.2 Å². The Kier molecular flexibility index (Phi) is 5.97. The van der Waals surface area contributed by atoms with Gasteiger partial charge in [-0.15, -0.1) is 11.3 Å². The maximum Gasteiger partial charge on any atom is 0.243 e. The maximum atomic E-state index is 12.7. The second kappa shape index (κ2) is 8.46. The van der Waals surface area contributed by atoms with Gasteiger partial charge in [-0.2, -0.15) is 4.31 Å². The van der Waals surface area contributed by atoms with Gasteiger partial charge in [-0.25, -0.2) is 13.4 Å². The van der Waals surface area contributed by atoms with Crippen LogP contribution in [0.25, 0.3) is 11.3 Å². The molecule has 0 atom stereocenters. The van der Waals surface area contributed by atoms with Crippen molar-refractivity contribution in [2.24, 2.45) is 0 Å². The maximum absolute atomic E-state index is 12.7. The van der Waals surface area contributed by atoms with E-state index >= 15 is 0 Å².